The molecule has 1 aromatic carbocycles. The molecule has 1 amide bonds. The van der Waals surface area contributed by atoms with Gasteiger partial charge in [0.15, 0.2) is 0 Å². The van der Waals surface area contributed by atoms with Gasteiger partial charge < -0.3 is 24.8 Å². The number of morpholine rings is 1. The molecule has 1 N–H and O–H groups in total. The minimum atomic E-state index is -0.201. The lowest BCUT2D eigenvalue weighted by Gasteiger charge is -2.33. The topological polar surface area (TPSA) is 73.8 Å². The number of piperazine rings is 1. The van der Waals surface area contributed by atoms with Crippen LogP contribution in [0.3, 0.4) is 0 Å². The number of ether oxygens (including phenoxy) is 1. The summed E-state index contributed by atoms with van der Waals surface area (Å²) in [6, 6.07) is 7.85. The summed E-state index contributed by atoms with van der Waals surface area (Å²) in [4.78, 5) is 28.4. The number of hydrogen-bond acceptors (Lipinski definition) is 7. The van der Waals surface area contributed by atoms with Crippen LogP contribution in [0.5, 0.6) is 0 Å². The van der Waals surface area contributed by atoms with Crippen molar-refractivity contribution in [3.05, 3.63) is 42.2 Å². The third kappa shape index (κ3) is 4.65. The van der Waals surface area contributed by atoms with Crippen LogP contribution < -0.4 is 15.1 Å². The molecule has 0 atom stereocenters. The zero-order valence-electron chi connectivity index (χ0n) is 16.9. The molecule has 154 valence electrons. The molecule has 8 nitrogen and oxygen atoms in total. The van der Waals surface area contributed by atoms with Gasteiger partial charge in [-0.3, -0.25) is 4.79 Å². The monoisotopic (exact) mass is 396 g/mol. The molecular weight excluding hydrogens is 368 g/mol. The van der Waals surface area contributed by atoms with Crippen molar-refractivity contribution in [3.63, 3.8) is 0 Å². The average molecular weight is 396 g/mol. The molecule has 2 saturated heterocycles. The van der Waals surface area contributed by atoms with E-state index in [9.17, 15) is 4.79 Å². The summed E-state index contributed by atoms with van der Waals surface area (Å²) < 4.78 is 5.43. The van der Waals surface area contributed by atoms with Crippen LogP contribution in [0.25, 0.3) is 0 Å². The fraction of sp³-hybridized carbons (Fsp3) is 0.476. The van der Waals surface area contributed by atoms with Crippen LogP contribution in [0.15, 0.2) is 36.7 Å². The van der Waals surface area contributed by atoms with Gasteiger partial charge in [0.2, 0.25) is 5.95 Å². The molecule has 0 bridgehead atoms. The third-order valence-electron chi connectivity index (χ3n) is 5.51. The van der Waals surface area contributed by atoms with Crippen molar-refractivity contribution >= 4 is 23.2 Å². The first-order valence-electron chi connectivity index (χ1n) is 10.3. The summed E-state index contributed by atoms with van der Waals surface area (Å²) in [5.41, 5.74) is 2.26. The lowest BCUT2D eigenvalue weighted by molar-refractivity contribution is 0.102. The van der Waals surface area contributed by atoms with Gasteiger partial charge in [0.25, 0.3) is 5.91 Å². The predicted molar refractivity (Wildman–Crippen MR) is 114 cm³/mol. The molecule has 8 heteroatoms. The number of nitrogens with zero attached hydrogens (tertiary/aromatic N) is 5. The molecule has 0 unspecified atom stereocenters. The van der Waals surface area contributed by atoms with E-state index in [0.717, 1.165) is 57.2 Å². The van der Waals surface area contributed by atoms with Gasteiger partial charge in [-0.15, -0.1) is 0 Å². The number of carbonyl (C=O) groups excluding carboxylic acids is 1. The van der Waals surface area contributed by atoms with Crippen molar-refractivity contribution < 1.29 is 9.53 Å². The molecular formula is C21H28N6O2. The molecule has 3 heterocycles. The summed E-state index contributed by atoms with van der Waals surface area (Å²) >= 11 is 0. The molecule has 2 aliphatic rings. The standard InChI is InChI=1S/C21H28N6O2/c1-2-25-7-9-27(10-8-25)21-22-15-17(16-23-21)20(28)24-18-5-3-4-6-19(18)26-11-13-29-14-12-26/h3-6,15-16H,2,7-14H2,1H3,(H,24,28). The first kappa shape index (κ1) is 19.6. The second-order valence-electron chi connectivity index (χ2n) is 7.26. The average Bonchev–Trinajstić information content (AvgIpc) is 2.80. The Morgan fingerprint density at radius 2 is 1.69 bits per heavy atom. The van der Waals surface area contributed by atoms with Gasteiger partial charge in [-0.05, 0) is 18.7 Å². The first-order chi connectivity index (χ1) is 14.2. The minimum Gasteiger partial charge on any atom is -0.378 e. The number of anilines is 3. The number of para-hydroxylation sites is 2. The van der Waals surface area contributed by atoms with Crippen molar-refractivity contribution in [1.82, 2.24) is 14.9 Å². The number of hydrogen-bond donors (Lipinski definition) is 1. The molecule has 2 fully saturated rings. The number of nitrogens with one attached hydrogen (secondary N) is 1. The van der Waals surface area contributed by atoms with Gasteiger partial charge in [-0.2, -0.15) is 0 Å². The van der Waals surface area contributed by atoms with E-state index in [1.165, 1.54) is 0 Å². The van der Waals surface area contributed by atoms with E-state index >= 15 is 0 Å². The quantitative estimate of drug-likeness (QED) is 0.825. The molecule has 0 spiro atoms. The van der Waals surface area contributed by atoms with Gasteiger partial charge in [-0.1, -0.05) is 19.1 Å². The Hall–Kier alpha value is -2.71. The van der Waals surface area contributed by atoms with Gasteiger partial charge in [0.1, 0.15) is 0 Å². The highest BCUT2D eigenvalue weighted by molar-refractivity contribution is 6.05. The second-order valence-corrected chi connectivity index (χ2v) is 7.26. The molecule has 0 aliphatic carbocycles. The highest BCUT2D eigenvalue weighted by atomic mass is 16.5. The molecule has 0 saturated carbocycles. The number of rotatable bonds is 5. The Morgan fingerprint density at radius 1 is 1.00 bits per heavy atom. The van der Waals surface area contributed by atoms with Crippen LogP contribution in [0.4, 0.5) is 17.3 Å². The van der Waals surface area contributed by atoms with E-state index in [2.05, 4.69) is 36.9 Å². The molecule has 29 heavy (non-hydrogen) atoms. The highest BCUT2D eigenvalue weighted by Crippen LogP contribution is 2.26. The van der Waals surface area contributed by atoms with Crippen LogP contribution in [-0.4, -0.2) is 79.8 Å². The van der Waals surface area contributed by atoms with Crippen LogP contribution in [-0.2, 0) is 4.74 Å². The Balaban J connectivity index is 1.42. The summed E-state index contributed by atoms with van der Waals surface area (Å²) in [7, 11) is 0. The van der Waals surface area contributed by atoms with Crippen molar-refractivity contribution in [2.24, 2.45) is 0 Å². The molecule has 0 radical (unpaired) electrons. The predicted octanol–water partition coefficient (Wildman–Crippen LogP) is 1.71. The normalized spacial score (nSPS) is 18.0. The maximum absolute atomic E-state index is 12.8. The van der Waals surface area contributed by atoms with E-state index in [-0.39, 0.29) is 5.91 Å². The molecule has 2 aliphatic heterocycles. The summed E-state index contributed by atoms with van der Waals surface area (Å²) in [6.07, 6.45) is 3.22. The van der Waals surface area contributed by atoms with E-state index in [1.807, 2.05) is 24.3 Å². The van der Waals surface area contributed by atoms with E-state index < -0.39 is 0 Å². The Kier molecular flexibility index (Phi) is 6.21. The van der Waals surface area contributed by atoms with E-state index in [0.29, 0.717) is 24.7 Å². The number of likely N-dealkylation sites (N-methyl/N-ethyl adjacent to an activating group) is 1. The lowest BCUT2D eigenvalue weighted by atomic mass is 10.2. The third-order valence-corrected chi connectivity index (χ3v) is 5.51. The molecule has 4 rings (SSSR count). The maximum atomic E-state index is 12.8. The van der Waals surface area contributed by atoms with Gasteiger partial charge in [0.05, 0.1) is 30.2 Å². The summed E-state index contributed by atoms with van der Waals surface area (Å²) in [5, 5.41) is 3.01. The fourth-order valence-electron chi connectivity index (χ4n) is 3.72. The SMILES string of the molecule is CCN1CCN(c2ncc(C(=O)Nc3ccccc3N3CCOCC3)cn2)CC1. The first-order valence-corrected chi connectivity index (χ1v) is 10.3. The van der Waals surface area contributed by atoms with E-state index in [4.69, 9.17) is 4.74 Å². The van der Waals surface area contributed by atoms with Crippen molar-refractivity contribution in [1.29, 1.82) is 0 Å². The number of amides is 1. The van der Waals surface area contributed by atoms with Crippen LogP contribution in [0, 0.1) is 0 Å². The minimum absolute atomic E-state index is 0.201. The smallest absolute Gasteiger partial charge is 0.258 e. The van der Waals surface area contributed by atoms with Crippen LogP contribution >= 0.6 is 0 Å². The zero-order chi connectivity index (χ0) is 20.1. The van der Waals surface area contributed by atoms with Gasteiger partial charge in [-0.25, -0.2) is 9.97 Å². The largest absolute Gasteiger partial charge is 0.378 e. The number of benzene rings is 1. The van der Waals surface area contributed by atoms with Gasteiger partial charge >= 0.3 is 0 Å². The number of aromatic nitrogens is 2. The fourth-order valence-corrected chi connectivity index (χ4v) is 3.72. The van der Waals surface area contributed by atoms with Crippen molar-refractivity contribution in [2.75, 3.05) is 74.1 Å². The Morgan fingerprint density at radius 3 is 2.38 bits per heavy atom. The van der Waals surface area contributed by atoms with E-state index in [1.54, 1.807) is 12.4 Å². The Bertz CT molecular complexity index is 814. The second kappa shape index (κ2) is 9.19. The van der Waals surface area contributed by atoms with Crippen LogP contribution in [0.2, 0.25) is 0 Å². The van der Waals surface area contributed by atoms with Crippen molar-refractivity contribution in [2.45, 2.75) is 6.92 Å². The summed E-state index contributed by atoms with van der Waals surface area (Å²) in [6.45, 7) is 10.1. The maximum Gasteiger partial charge on any atom is 0.258 e. The lowest BCUT2D eigenvalue weighted by Crippen LogP contribution is -2.46. The molecule has 1 aromatic heterocycles. The highest BCUT2D eigenvalue weighted by Gasteiger charge is 2.19. The summed E-state index contributed by atoms with van der Waals surface area (Å²) in [5.74, 6) is 0.485. The van der Waals surface area contributed by atoms with Crippen molar-refractivity contribution in [3.8, 4) is 0 Å². The molecule has 2 aromatic rings. The Labute approximate surface area is 171 Å². The van der Waals surface area contributed by atoms with Gasteiger partial charge in [0, 0.05) is 51.7 Å². The van der Waals surface area contributed by atoms with Crippen LogP contribution in [0.1, 0.15) is 17.3 Å². The number of carbonyl (C=O) groups is 1. The zero-order valence-corrected chi connectivity index (χ0v) is 16.9.